The Morgan fingerprint density at radius 3 is 1.61 bits per heavy atom. The summed E-state index contributed by atoms with van der Waals surface area (Å²) in [6.45, 7) is 0. The summed E-state index contributed by atoms with van der Waals surface area (Å²) in [5.74, 6) is 1.80. The van der Waals surface area contributed by atoms with Gasteiger partial charge in [0.15, 0.2) is 23.1 Å². The SMILES string of the molecule is c1ccc(N(c2ccc3c(c2)oc2cccc(-c4nc(-c5cccc6ccccc56)nc(-c5cccc6ccccc56)n4)c23)c2cccc3c2oc2ccccc23)cc1. The van der Waals surface area contributed by atoms with Crippen molar-refractivity contribution in [3.05, 3.63) is 194 Å². The van der Waals surface area contributed by atoms with Crippen LogP contribution in [0.25, 0.3) is 99.6 Å². The quantitative estimate of drug-likeness (QED) is 0.168. The molecule has 0 unspecified atom stereocenters. The lowest BCUT2D eigenvalue weighted by molar-refractivity contribution is 0.667. The maximum absolute atomic E-state index is 6.74. The van der Waals surface area contributed by atoms with Gasteiger partial charge in [-0.2, -0.15) is 0 Å². The number of nitrogens with zero attached hydrogens (tertiary/aromatic N) is 4. The zero-order valence-electron chi connectivity index (χ0n) is 31.6. The second kappa shape index (κ2) is 13.3. The monoisotopic (exact) mass is 756 g/mol. The highest BCUT2D eigenvalue weighted by molar-refractivity contribution is 6.14. The number of rotatable bonds is 6. The van der Waals surface area contributed by atoms with Crippen LogP contribution in [0.3, 0.4) is 0 Å². The molecule has 3 aromatic heterocycles. The average molecular weight is 757 g/mol. The molecular formula is C53H32N4O2. The Morgan fingerprint density at radius 2 is 0.881 bits per heavy atom. The van der Waals surface area contributed by atoms with E-state index in [1.165, 1.54) is 0 Å². The third-order valence-corrected chi connectivity index (χ3v) is 11.3. The topological polar surface area (TPSA) is 68.2 Å². The molecule has 0 aliphatic heterocycles. The molecule has 0 N–H and O–H groups in total. The summed E-state index contributed by atoms with van der Waals surface area (Å²) in [5, 5.41) is 8.47. The van der Waals surface area contributed by atoms with Gasteiger partial charge in [0.05, 0.1) is 11.4 Å². The average Bonchev–Trinajstić information content (AvgIpc) is 3.88. The van der Waals surface area contributed by atoms with Gasteiger partial charge in [0.1, 0.15) is 16.7 Å². The van der Waals surface area contributed by atoms with Gasteiger partial charge in [-0.05, 0) is 64.0 Å². The molecule has 0 saturated heterocycles. The van der Waals surface area contributed by atoms with E-state index < -0.39 is 0 Å². The smallest absolute Gasteiger partial charge is 0.164 e. The van der Waals surface area contributed by atoms with Crippen molar-refractivity contribution < 1.29 is 8.83 Å². The zero-order chi connectivity index (χ0) is 38.9. The number of furan rings is 2. The molecule has 59 heavy (non-hydrogen) atoms. The number of hydrogen-bond acceptors (Lipinski definition) is 6. The Bertz CT molecular complexity index is 3480. The lowest BCUT2D eigenvalue weighted by Crippen LogP contribution is -2.10. The molecule has 0 radical (unpaired) electrons. The summed E-state index contributed by atoms with van der Waals surface area (Å²) in [7, 11) is 0. The molecule has 6 heteroatoms. The van der Waals surface area contributed by atoms with Gasteiger partial charge in [-0.3, -0.25) is 0 Å². The minimum absolute atomic E-state index is 0.575. The molecule has 0 spiro atoms. The van der Waals surface area contributed by atoms with Crippen molar-refractivity contribution in [3.63, 3.8) is 0 Å². The molecule has 0 saturated carbocycles. The molecule has 0 bridgehead atoms. The molecule has 0 amide bonds. The minimum Gasteiger partial charge on any atom is -0.456 e. The molecule has 12 rings (SSSR count). The van der Waals surface area contributed by atoms with Crippen LogP contribution in [0, 0.1) is 0 Å². The van der Waals surface area contributed by atoms with E-state index in [0.29, 0.717) is 17.5 Å². The highest BCUT2D eigenvalue weighted by atomic mass is 16.3. The molecule has 9 aromatic carbocycles. The van der Waals surface area contributed by atoms with Gasteiger partial charge < -0.3 is 13.7 Å². The van der Waals surface area contributed by atoms with Crippen molar-refractivity contribution in [1.82, 2.24) is 15.0 Å². The minimum atomic E-state index is 0.575. The molecular weight excluding hydrogens is 725 g/mol. The third-order valence-electron chi connectivity index (χ3n) is 11.3. The first kappa shape index (κ1) is 33.1. The number of aromatic nitrogens is 3. The third kappa shape index (κ3) is 5.38. The van der Waals surface area contributed by atoms with Crippen LogP contribution in [0.2, 0.25) is 0 Å². The molecule has 0 fully saturated rings. The number of anilines is 3. The largest absolute Gasteiger partial charge is 0.456 e. The van der Waals surface area contributed by atoms with E-state index in [-0.39, 0.29) is 0 Å². The van der Waals surface area contributed by atoms with E-state index in [2.05, 4.69) is 169 Å². The van der Waals surface area contributed by atoms with Crippen LogP contribution in [0.4, 0.5) is 17.1 Å². The van der Waals surface area contributed by atoms with Crippen LogP contribution >= 0.6 is 0 Å². The van der Waals surface area contributed by atoms with Crippen LogP contribution in [0.1, 0.15) is 0 Å². The van der Waals surface area contributed by atoms with E-state index in [0.717, 1.165) is 99.2 Å². The van der Waals surface area contributed by atoms with E-state index in [1.54, 1.807) is 0 Å². The van der Waals surface area contributed by atoms with Crippen molar-refractivity contribution in [3.8, 4) is 34.2 Å². The Morgan fingerprint density at radius 1 is 0.339 bits per heavy atom. The Labute approximate surface area is 338 Å². The van der Waals surface area contributed by atoms with Gasteiger partial charge in [-0.25, -0.2) is 15.0 Å². The van der Waals surface area contributed by atoms with Crippen LogP contribution in [0.15, 0.2) is 203 Å². The maximum atomic E-state index is 6.74. The summed E-state index contributed by atoms with van der Waals surface area (Å²) in [6, 6.07) is 66.7. The summed E-state index contributed by atoms with van der Waals surface area (Å²) in [4.78, 5) is 17.9. The maximum Gasteiger partial charge on any atom is 0.164 e. The predicted molar refractivity (Wildman–Crippen MR) is 240 cm³/mol. The van der Waals surface area contributed by atoms with Crippen molar-refractivity contribution >= 4 is 82.5 Å². The highest BCUT2D eigenvalue weighted by Gasteiger charge is 2.23. The van der Waals surface area contributed by atoms with Crippen LogP contribution in [-0.4, -0.2) is 15.0 Å². The molecule has 6 nitrogen and oxygen atoms in total. The first-order chi connectivity index (χ1) is 29.2. The van der Waals surface area contributed by atoms with Crippen LogP contribution in [0.5, 0.6) is 0 Å². The molecule has 12 aromatic rings. The molecule has 0 aliphatic carbocycles. The van der Waals surface area contributed by atoms with Crippen LogP contribution < -0.4 is 4.90 Å². The Hall–Kier alpha value is -8.09. The van der Waals surface area contributed by atoms with Gasteiger partial charge in [0.2, 0.25) is 0 Å². The van der Waals surface area contributed by atoms with Gasteiger partial charge >= 0.3 is 0 Å². The van der Waals surface area contributed by atoms with E-state index >= 15 is 0 Å². The van der Waals surface area contributed by atoms with Crippen LogP contribution in [-0.2, 0) is 0 Å². The van der Waals surface area contributed by atoms with Gasteiger partial charge in [-0.1, -0.05) is 146 Å². The van der Waals surface area contributed by atoms with Crippen molar-refractivity contribution in [2.75, 3.05) is 4.90 Å². The molecule has 276 valence electrons. The fourth-order valence-corrected chi connectivity index (χ4v) is 8.63. The Kier molecular flexibility index (Phi) is 7.43. The number of hydrogen-bond donors (Lipinski definition) is 0. The highest BCUT2D eigenvalue weighted by Crippen LogP contribution is 2.44. The first-order valence-electron chi connectivity index (χ1n) is 19.7. The normalized spacial score (nSPS) is 11.7. The number of fused-ring (bicyclic) bond motifs is 8. The number of para-hydroxylation sites is 3. The Balaban J connectivity index is 1.07. The van der Waals surface area contributed by atoms with Crippen molar-refractivity contribution in [1.29, 1.82) is 0 Å². The second-order valence-electron chi connectivity index (χ2n) is 14.7. The summed E-state index contributed by atoms with van der Waals surface area (Å²) < 4.78 is 13.3. The lowest BCUT2D eigenvalue weighted by Gasteiger charge is -2.25. The first-order valence-corrected chi connectivity index (χ1v) is 19.7. The zero-order valence-corrected chi connectivity index (χ0v) is 31.6. The summed E-state index contributed by atoms with van der Waals surface area (Å²) >= 11 is 0. The second-order valence-corrected chi connectivity index (χ2v) is 14.7. The molecule has 3 heterocycles. The molecule has 0 aliphatic rings. The van der Waals surface area contributed by atoms with Crippen molar-refractivity contribution in [2.24, 2.45) is 0 Å². The standard InChI is InChI=1S/C53H32N4O2/c1-2-18-35(19-3-1)57(45-27-12-23-40-39-22-8-9-28-46(39)59-50(40)45)36-30-31-43-48(32-36)58-47-29-13-26-44(49(43)47)53-55-51(41-24-10-16-33-14-4-6-20-37(33)41)54-52(56-53)42-25-11-17-34-15-5-7-21-38(34)42/h1-32H. The van der Waals surface area contributed by atoms with E-state index in [1.807, 2.05) is 30.3 Å². The predicted octanol–water partition coefficient (Wildman–Crippen LogP) is 14.4. The van der Waals surface area contributed by atoms with E-state index in [9.17, 15) is 0 Å². The fourth-order valence-electron chi connectivity index (χ4n) is 8.63. The lowest BCUT2D eigenvalue weighted by atomic mass is 10.0. The number of benzene rings is 9. The van der Waals surface area contributed by atoms with E-state index in [4.69, 9.17) is 23.8 Å². The fraction of sp³-hybridized carbons (Fsp3) is 0. The van der Waals surface area contributed by atoms with Gasteiger partial charge in [-0.15, -0.1) is 0 Å². The summed E-state index contributed by atoms with van der Waals surface area (Å²) in [6.07, 6.45) is 0. The van der Waals surface area contributed by atoms with Gasteiger partial charge in [0, 0.05) is 50.0 Å². The van der Waals surface area contributed by atoms with Gasteiger partial charge in [0.25, 0.3) is 0 Å². The van der Waals surface area contributed by atoms with Crippen molar-refractivity contribution in [2.45, 2.75) is 0 Å². The summed E-state index contributed by atoms with van der Waals surface area (Å²) in [5.41, 5.74) is 8.82. The molecule has 0 atom stereocenters.